The van der Waals surface area contributed by atoms with E-state index >= 15 is 0 Å². The Labute approximate surface area is 110 Å². The Morgan fingerprint density at radius 1 is 1.78 bits per heavy atom. The lowest BCUT2D eigenvalue weighted by Crippen LogP contribution is -2.33. The number of halogens is 1. The molecule has 1 unspecified atom stereocenters. The molecule has 1 saturated heterocycles. The Morgan fingerprint density at radius 3 is 3.06 bits per heavy atom. The molecule has 0 spiro atoms. The van der Waals surface area contributed by atoms with E-state index in [1.54, 1.807) is 20.2 Å². The van der Waals surface area contributed by atoms with E-state index in [0.29, 0.717) is 11.7 Å². The van der Waals surface area contributed by atoms with E-state index in [0.717, 1.165) is 5.56 Å². The van der Waals surface area contributed by atoms with E-state index in [2.05, 4.69) is 10.4 Å². The van der Waals surface area contributed by atoms with E-state index in [9.17, 15) is 9.90 Å². The lowest BCUT2D eigenvalue weighted by atomic mass is 9.90. The van der Waals surface area contributed by atoms with Crippen molar-refractivity contribution in [1.29, 1.82) is 0 Å². The summed E-state index contributed by atoms with van der Waals surface area (Å²) in [5, 5.41) is 17.2. The molecule has 0 saturated carbocycles. The highest BCUT2D eigenvalue weighted by Gasteiger charge is 2.43. The van der Waals surface area contributed by atoms with E-state index in [-0.39, 0.29) is 12.5 Å². The number of hydrogen-bond donors (Lipinski definition) is 2. The van der Waals surface area contributed by atoms with Gasteiger partial charge in [-0.2, -0.15) is 5.10 Å². The summed E-state index contributed by atoms with van der Waals surface area (Å²) in [6.07, 6.45) is 0.712. The van der Waals surface area contributed by atoms with E-state index in [4.69, 9.17) is 16.3 Å². The zero-order valence-electron chi connectivity index (χ0n) is 10.3. The van der Waals surface area contributed by atoms with E-state index in [1.165, 1.54) is 4.68 Å². The molecule has 3 atom stereocenters. The molecular weight excluding hydrogens is 258 g/mol. The van der Waals surface area contributed by atoms with Crippen LogP contribution in [0.15, 0.2) is 6.20 Å². The van der Waals surface area contributed by atoms with E-state index < -0.39 is 18.1 Å². The molecule has 0 radical (unpaired) electrons. The fourth-order valence-corrected chi connectivity index (χ4v) is 2.48. The van der Waals surface area contributed by atoms with Gasteiger partial charge in [0.15, 0.2) is 0 Å². The molecule has 1 aromatic heterocycles. The topological polar surface area (TPSA) is 76.4 Å². The Hall–Kier alpha value is -1.11. The smallest absolute Gasteiger partial charge is 0.313 e. The Kier molecular flexibility index (Phi) is 3.89. The molecule has 1 aliphatic rings. The van der Waals surface area contributed by atoms with Crippen molar-refractivity contribution >= 4 is 17.6 Å². The van der Waals surface area contributed by atoms with Gasteiger partial charge >= 0.3 is 5.97 Å². The number of ether oxygens (including phenoxy) is 1. The fraction of sp³-hybridized carbons (Fsp3) is 0.636. The summed E-state index contributed by atoms with van der Waals surface area (Å²) >= 11 is 6.12. The van der Waals surface area contributed by atoms with Crippen LogP contribution in [0, 0.1) is 5.92 Å². The van der Waals surface area contributed by atoms with Crippen LogP contribution in [0.5, 0.6) is 0 Å². The minimum absolute atomic E-state index is 0.222. The molecule has 6 nitrogen and oxygen atoms in total. The quantitative estimate of drug-likeness (QED) is 0.773. The normalized spacial score (nSPS) is 27.4. The molecule has 18 heavy (non-hydrogen) atoms. The van der Waals surface area contributed by atoms with Crippen LogP contribution in [0.4, 0.5) is 0 Å². The standard InChI is InChI=1S/C11H16ClN3O3/c1-3-18-11(17)8-6(4-13-10(8)16)7-5-14-15(2)9(7)12/h5-6,8,10,13,16H,3-4H2,1-2H3/t6-,8-,10?/m1/s1. The van der Waals surface area contributed by atoms with Gasteiger partial charge in [0.25, 0.3) is 0 Å². The number of aromatic nitrogens is 2. The second kappa shape index (κ2) is 5.26. The van der Waals surface area contributed by atoms with Gasteiger partial charge in [-0.1, -0.05) is 11.6 Å². The van der Waals surface area contributed by atoms with Crippen molar-refractivity contribution in [2.24, 2.45) is 13.0 Å². The molecule has 1 aromatic rings. The molecule has 0 aromatic carbocycles. The predicted molar refractivity (Wildman–Crippen MR) is 65.1 cm³/mol. The Morgan fingerprint density at radius 2 is 2.50 bits per heavy atom. The molecule has 2 N–H and O–H groups in total. The monoisotopic (exact) mass is 273 g/mol. The van der Waals surface area contributed by atoms with Crippen molar-refractivity contribution in [2.75, 3.05) is 13.2 Å². The Balaban J connectivity index is 2.26. The number of aliphatic hydroxyl groups is 1. The average molecular weight is 274 g/mol. The number of hydrogen-bond acceptors (Lipinski definition) is 5. The molecular formula is C11H16ClN3O3. The molecule has 2 heterocycles. The minimum atomic E-state index is -0.912. The number of rotatable bonds is 3. The van der Waals surface area contributed by atoms with E-state index in [1.807, 2.05) is 0 Å². The fourth-order valence-electron chi connectivity index (χ4n) is 2.25. The zero-order valence-corrected chi connectivity index (χ0v) is 11.0. The van der Waals surface area contributed by atoms with Crippen LogP contribution in [0.3, 0.4) is 0 Å². The number of nitrogens with zero attached hydrogens (tertiary/aromatic N) is 2. The lowest BCUT2D eigenvalue weighted by molar-refractivity contribution is -0.151. The predicted octanol–water partition coefficient (Wildman–Crippen LogP) is 0.258. The summed E-state index contributed by atoms with van der Waals surface area (Å²) < 4.78 is 6.52. The third-order valence-corrected chi connectivity index (χ3v) is 3.63. The first-order valence-electron chi connectivity index (χ1n) is 5.81. The molecule has 0 aliphatic carbocycles. The second-order valence-corrected chi connectivity index (χ2v) is 4.61. The zero-order chi connectivity index (χ0) is 13.3. The minimum Gasteiger partial charge on any atom is -0.466 e. The molecule has 1 aliphatic heterocycles. The van der Waals surface area contributed by atoms with Crippen LogP contribution in [0.1, 0.15) is 18.4 Å². The summed E-state index contributed by atoms with van der Waals surface area (Å²) in [7, 11) is 1.73. The third-order valence-electron chi connectivity index (χ3n) is 3.17. The van der Waals surface area contributed by atoms with Gasteiger partial charge in [-0.05, 0) is 6.92 Å². The molecule has 100 valence electrons. The number of nitrogens with one attached hydrogen (secondary N) is 1. The summed E-state index contributed by atoms with van der Waals surface area (Å²) in [5.74, 6) is -1.29. The summed E-state index contributed by atoms with van der Waals surface area (Å²) in [5.41, 5.74) is 0.751. The first kappa shape index (κ1) is 13.3. The van der Waals surface area contributed by atoms with Gasteiger partial charge in [0.05, 0.1) is 12.8 Å². The van der Waals surface area contributed by atoms with Gasteiger partial charge in [0, 0.05) is 25.1 Å². The van der Waals surface area contributed by atoms with Gasteiger partial charge in [0.2, 0.25) is 0 Å². The number of aryl methyl sites for hydroxylation is 1. The Bertz CT molecular complexity index is 449. The highest BCUT2D eigenvalue weighted by Crippen LogP contribution is 2.35. The molecule has 0 bridgehead atoms. The van der Waals surface area contributed by atoms with Gasteiger partial charge in [-0.15, -0.1) is 0 Å². The first-order valence-corrected chi connectivity index (χ1v) is 6.19. The number of esters is 1. The third kappa shape index (κ3) is 2.23. The van der Waals surface area contributed by atoms with Crippen LogP contribution in [0.2, 0.25) is 5.15 Å². The highest BCUT2D eigenvalue weighted by atomic mass is 35.5. The summed E-state index contributed by atoms with van der Waals surface area (Å²) in [6.45, 7) is 2.49. The summed E-state index contributed by atoms with van der Waals surface area (Å²) in [6, 6.07) is 0. The second-order valence-electron chi connectivity index (χ2n) is 4.25. The van der Waals surface area contributed by atoms with Crippen molar-refractivity contribution in [2.45, 2.75) is 19.1 Å². The largest absolute Gasteiger partial charge is 0.466 e. The SMILES string of the molecule is CCOC(=O)[C@H]1C(O)NC[C@@H]1c1cnn(C)c1Cl. The van der Waals surface area contributed by atoms with Crippen LogP contribution in [-0.4, -0.2) is 40.2 Å². The van der Waals surface area contributed by atoms with Gasteiger partial charge in [0.1, 0.15) is 17.3 Å². The van der Waals surface area contributed by atoms with Gasteiger partial charge in [-0.25, -0.2) is 0 Å². The number of carbonyl (C=O) groups is 1. The first-order chi connectivity index (χ1) is 8.56. The van der Waals surface area contributed by atoms with Crippen molar-refractivity contribution in [3.63, 3.8) is 0 Å². The number of carbonyl (C=O) groups excluding carboxylic acids is 1. The van der Waals surface area contributed by atoms with Crippen LogP contribution >= 0.6 is 11.6 Å². The molecule has 7 heteroatoms. The van der Waals surface area contributed by atoms with Crippen LogP contribution < -0.4 is 5.32 Å². The van der Waals surface area contributed by atoms with Crippen molar-refractivity contribution < 1.29 is 14.6 Å². The van der Waals surface area contributed by atoms with Gasteiger partial charge < -0.3 is 9.84 Å². The maximum absolute atomic E-state index is 11.9. The average Bonchev–Trinajstić information content (AvgIpc) is 2.85. The maximum atomic E-state index is 11.9. The molecule has 1 fully saturated rings. The van der Waals surface area contributed by atoms with Crippen molar-refractivity contribution in [3.8, 4) is 0 Å². The lowest BCUT2D eigenvalue weighted by Gasteiger charge is -2.18. The maximum Gasteiger partial charge on any atom is 0.313 e. The van der Waals surface area contributed by atoms with Crippen molar-refractivity contribution in [3.05, 3.63) is 16.9 Å². The number of aliphatic hydroxyl groups excluding tert-OH is 1. The molecule has 0 amide bonds. The van der Waals surface area contributed by atoms with Gasteiger partial charge in [-0.3, -0.25) is 14.8 Å². The highest BCUT2D eigenvalue weighted by molar-refractivity contribution is 6.30. The summed E-state index contributed by atoms with van der Waals surface area (Å²) in [4.78, 5) is 11.9. The molecule has 2 rings (SSSR count). The van der Waals surface area contributed by atoms with Crippen LogP contribution in [0.25, 0.3) is 0 Å². The van der Waals surface area contributed by atoms with Crippen LogP contribution in [-0.2, 0) is 16.6 Å². The van der Waals surface area contributed by atoms with Crippen molar-refractivity contribution in [1.82, 2.24) is 15.1 Å².